The van der Waals surface area contributed by atoms with Gasteiger partial charge in [0.05, 0.1) is 0 Å². The molecule has 0 radical (unpaired) electrons. The summed E-state index contributed by atoms with van der Waals surface area (Å²) in [4.78, 5) is 3.94. The van der Waals surface area contributed by atoms with Crippen LogP contribution >= 0.6 is 0 Å². The van der Waals surface area contributed by atoms with Gasteiger partial charge >= 0.3 is 0 Å². The molecule has 0 spiro atoms. The largest absolute Gasteiger partial charge is 0.295 e. The maximum absolute atomic E-state index is 11.5. The first-order valence-electron chi connectivity index (χ1n) is 4.35. The van der Waals surface area contributed by atoms with Crippen molar-refractivity contribution in [1.82, 2.24) is 0 Å². The van der Waals surface area contributed by atoms with E-state index in [1.165, 1.54) is 25.5 Å². The summed E-state index contributed by atoms with van der Waals surface area (Å²) < 4.78 is 11.5. The van der Waals surface area contributed by atoms with Crippen molar-refractivity contribution in [3.63, 3.8) is 0 Å². The van der Waals surface area contributed by atoms with Gasteiger partial charge in [-0.3, -0.25) is 4.99 Å². The highest BCUT2D eigenvalue weighted by molar-refractivity contribution is 5.58. The second-order valence-electron chi connectivity index (χ2n) is 2.95. The molecule has 0 aliphatic rings. The standard InChI is InChI=1S/C9H18FN/c1-3-4-5-9(2)8-11-7-6-10/h7,9H,3-6,8H2,1-2H3. The minimum absolute atomic E-state index is 0.430. The lowest BCUT2D eigenvalue weighted by atomic mass is 10.1. The molecule has 2 heteroatoms. The molecule has 0 fully saturated rings. The molecule has 1 atom stereocenters. The first-order valence-corrected chi connectivity index (χ1v) is 4.35. The molecule has 0 aliphatic carbocycles. The molecule has 0 aliphatic heterocycles. The van der Waals surface area contributed by atoms with Gasteiger partial charge in [-0.05, 0) is 12.3 Å². The normalized spacial score (nSPS) is 14.1. The average molecular weight is 159 g/mol. The Hall–Kier alpha value is -0.400. The minimum atomic E-state index is -0.430. The van der Waals surface area contributed by atoms with Gasteiger partial charge in [-0.15, -0.1) is 0 Å². The highest BCUT2D eigenvalue weighted by Crippen LogP contribution is 2.06. The van der Waals surface area contributed by atoms with Gasteiger partial charge in [0.1, 0.15) is 6.67 Å². The number of aliphatic imine (C=N–C) groups is 1. The molecule has 0 bridgehead atoms. The Bertz CT molecular complexity index is 102. The third-order valence-corrected chi connectivity index (χ3v) is 1.67. The quantitative estimate of drug-likeness (QED) is 0.528. The van der Waals surface area contributed by atoms with E-state index in [-0.39, 0.29) is 0 Å². The van der Waals surface area contributed by atoms with E-state index in [1.54, 1.807) is 0 Å². The molecular formula is C9H18FN. The van der Waals surface area contributed by atoms with Crippen LogP contribution in [0.15, 0.2) is 4.99 Å². The lowest BCUT2D eigenvalue weighted by molar-refractivity contribution is 0.515. The van der Waals surface area contributed by atoms with E-state index in [9.17, 15) is 4.39 Å². The molecule has 66 valence electrons. The summed E-state index contributed by atoms with van der Waals surface area (Å²) in [7, 11) is 0. The molecule has 1 unspecified atom stereocenters. The van der Waals surface area contributed by atoms with E-state index in [1.807, 2.05) is 0 Å². The molecule has 0 saturated heterocycles. The number of halogens is 1. The second kappa shape index (κ2) is 7.70. The minimum Gasteiger partial charge on any atom is -0.295 e. The Morgan fingerprint density at radius 2 is 2.27 bits per heavy atom. The summed E-state index contributed by atoms with van der Waals surface area (Å²) in [6.45, 7) is 4.69. The number of hydrogen-bond donors (Lipinski definition) is 0. The van der Waals surface area contributed by atoms with Crippen molar-refractivity contribution < 1.29 is 4.39 Å². The zero-order chi connectivity index (χ0) is 8.53. The van der Waals surface area contributed by atoms with Crippen molar-refractivity contribution in [3.8, 4) is 0 Å². The Balaban J connectivity index is 3.21. The SMILES string of the molecule is CCCCC(C)CN=CCF. The smallest absolute Gasteiger partial charge is 0.124 e. The summed E-state index contributed by atoms with van der Waals surface area (Å²) in [5.41, 5.74) is 0. The Morgan fingerprint density at radius 3 is 2.82 bits per heavy atom. The van der Waals surface area contributed by atoms with Crippen molar-refractivity contribution in [2.45, 2.75) is 33.1 Å². The van der Waals surface area contributed by atoms with Crippen LogP contribution in [-0.4, -0.2) is 19.4 Å². The lowest BCUT2D eigenvalue weighted by Gasteiger charge is -2.05. The summed E-state index contributed by atoms with van der Waals surface area (Å²) in [6.07, 6.45) is 5.05. The fourth-order valence-corrected chi connectivity index (χ4v) is 0.947. The molecule has 0 aromatic rings. The van der Waals surface area contributed by atoms with Crippen LogP contribution in [0.25, 0.3) is 0 Å². The molecule has 0 heterocycles. The van der Waals surface area contributed by atoms with Crippen molar-refractivity contribution in [1.29, 1.82) is 0 Å². The van der Waals surface area contributed by atoms with E-state index < -0.39 is 6.67 Å². The van der Waals surface area contributed by atoms with Crippen LogP contribution in [0.3, 0.4) is 0 Å². The van der Waals surface area contributed by atoms with E-state index in [4.69, 9.17) is 0 Å². The first kappa shape index (κ1) is 10.6. The van der Waals surface area contributed by atoms with Gasteiger partial charge in [-0.1, -0.05) is 26.7 Å². The van der Waals surface area contributed by atoms with Crippen molar-refractivity contribution in [2.24, 2.45) is 10.9 Å². The van der Waals surface area contributed by atoms with Gasteiger partial charge in [-0.25, -0.2) is 4.39 Å². The highest BCUT2D eigenvalue weighted by atomic mass is 19.1. The summed E-state index contributed by atoms with van der Waals surface area (Å²) in [5.74, 6) is 0.609. The maximum Gasteiger partial charge on any atom is 0.124 e. The maximum atomic E-state index is 11.5. The van der Waals surface area contributed by atoms with Crippen LogP contribution in [0.2, 0.25) is 0 Å². The van der Waals surface area contributed by atoms with E-state index in [0.29, 0.717) is 5.92 Å². The zero-order valence-electron chi connectivity index (χ0n) is 7.52. The van der Waals surface area contributed by atoms with Gasteiger partial charge in [-0.2, -0.15) is 0 Å². The van der Waals surface area contributed by atoms with Crippen LogP contribution in [-0.2, 0) is 0 Å². The van der Waals surface area contributed by atoms with E-state index >= 15 is 0 Å². The number of hydrogen-bond acceptors (Lipinski definition) is 1. The fourth-order valence-electron chi connectivity index (χ4n) is 0.947. The molecule has 11 heavy (non-hydrogen) atoms. The predicted octanol–water partition coefficient (Wildman–Crippen LogP) is 2.85. The monoisotopic (exact) mass is 159 g/mol. The van der Waals surface area contributed by atoms with Gasteiger partial charge in [0.25, 0.3) is 0 Å². The van der Waals surface area contributed by atoms with Crippen LogP contribution in [0, 0.1) is 5.92 Å². The van der Waals surface area contributed by atoms with Gasteiger partial charge in [0.2, 0.25) is 0 Å². The Labute approximate surface area is 68.7 Å². The first-order chi connectivity index (χ1) is 5.31. The molecule has 1 nitrogen and oxygen atoms in total. The van der Waals surface area contributed by atoms with Gasteiger partial charge in [0.15, 0.2) is 0 Å². The molecule has 0 aromatic carbocycles. The number of rotatable bonds is 6. The fraction of sp³-hybridized carbons (Fsp3) is 0.889. The van der Waals surface area contributed by atoms with E-state index in [0.717, 1.165) is 6.54 Å². The molecule has 0 saturated carbocycles. The van der Waals surface area contributed by atoms with Crippen LogP contribution in [0.4, 0.5) is 4.39 Å². The van der Waals surface area contributed by atoms with Crippen LogP contribution in [0.5, 0.6) is 0 Å². The van der Waals surface area contributed by atoms with Crippen molar-refractivity contribution in [2.75, 3.05) is 13.2 Å². The van der Waals surface area contributed by atoms with E-state index in [2.05, 4.69) is 18.8 Å². The highest BCUT2D eigenvalue weighted by Gasteiger charge is 1.97. The van der Waals surface area contributed by atoms with Crippen LogP contribution in [0.1, 0.15) is 33.1 Å². The molecular weight excluding hydrogens is 141 g/mol. The molecule has 0 amide bonds. The summed E-state index contributed by atoms with van der Waals surface area (Å²) in [5, 5.41) is 0. The number of unbranched alkanes of at least 4 members (excludes halogenated alkanes) is 1. The summed E-state index contributed by atoms with van der Waals surface area (Å²) in [6, 6.07) is 0. The topological polar surface area (TPSA) is 12.4 Å². The third-order valence-electron chi connectivity index (χ3n) is 1.67. The average Bonchev–Trinajstić information content (AvgIpc) is 2.01. The van der Waals surface area contributed by atoms with Gasteiger partial charge < -0.3 is 0 Å². The molecule has 0 rings (SSSR count). The molecule has 0 aromatic heterocycles. The zero-order valence-corrected chi connectivity index (χ0v) is 7.52. The number of alkyl halides is 1. The van der Waals surface area contributed by atoms with Crippen LogP contribution < -0.4 is 0 Å². The second-order valence-corrected chi connectivity index (χ2v) is 2.95. The van der Waals surface area contributed by atoms with Crippen molar-refractivity contribution >= 4 is 6.21 Å². The lowest BCUT2D eigenvalue weighted by Crippen LogP contribution is -1.99. The summed E-state index contributed by atoms with van der Waals surface area (Å²) >= 11 is 0. The van der Waals surface area contributed by atoms with Gasteiger partial charge in [0, 0.05) is 12.8 Å². The van der Waals surface area contributed by atoms with Crippen molar-refractivity contribution in [3.05, 3.63) is 0 Å². The Kier molecular flexibility index (Phi) is 7.42. The molecule has 0 N–H and O–H groups in total. The predicted molar refractivity (Wildman–Crippen MR) is 48.0 cm³/mol. The Morgan fingerprint density at radius 1 is 1.55 bits per heavy atom. The number of nitrogens with zero attached hydrogens (tertiary/aromatic N) is 1. The third kappa shape index (κ3) is 7.50.